The van der Waals surface area contributed by atoms with Crippen molar-refractivity contribution in [2.75, 3.05) is 13.1 Å². The molecule has 1 heterocycles. The second kappa shape index (κ2) is 7.97. The van der Waals surface area contributed by atoms with Crippen LogP contribution >= 0.6 is 11.6 Å². The normalized spacial score (nSPS) is 15.4. The number of ether oxygens (including phenoxy) is 1. The summed E-state index contributed by atoms with van der Waals surface area (Å²) in [6.07, 6.45) is 0.281. The number of hydrogen-bond donors (Lipinski definition) is 1. The minimum absolute atomic E-state index is 0.0576. The van der Waals surface area contributed by atoms with Gasteiger partial charge in [0.05, 0.1) is 0 Å². The summed E-state index contributed by atoms with van der Waals surface area (Å²) in [5.74, 6) is -1.05. The summed E-state index contributed by atoms with van der Waals surface area (Å²) in [7, 11) is 0. The number of halogens is 1. The van der Waals surface area contributed by atoms with Crippen molar-refractivity contribution in [2.45, 2.75) is 32.4 Å². The van der Waals surface area contributed by atoms with Gasteiger partial charge in [-0.3, -0.25) is 14.4 Å². The molecule has 1 aliphatic rings. The van der Waals surface area contributed by atoms with E-state index in [0.29, 0.717) is 18.0 Å². The molecule has 6 nitrogen and oxygen atoms in total. The molecule has 0 aromatic heterocycles. The van der Waals surface area contributed by atoms with Crippen molar-refractivity contribution in [2.24, 2.45) is 0 Å². The molecular formula is C16H19ClN2O4. The van der Waals surface area contributed by atoms with Crippen molar-refractivity contribution in [3.8, 4) is 0 Å². The number of nitrogens with one attached hydrogen (secondary N) is 1. The zero-order chi connectivity index (χ0) is 16.8. The number of hydrogen-bond acceptors (Lipinski definition) is 4. The van der Waals surface area contributed by atoms with E-state index in [1.165, 1.54) is 11.8 Å². The average molecular weight is 339 g/mol. The lowest BCUT2D eigenvalue weighted by atomic mass is 10.2. The predicted molar refractivity (Wildman–Crippen MR) is 84.7 cm³/mol. The maximum Gasteiger partial charge on any atom is 0.326 e. The van der Waals surface area contributed by atoms with Crippen LogP contribution in [-0.4, -0.2) is 41.9 Å². The second-order valence-electron chi connectivity index (χ2n) is 5.36. The predicted octanol–water partition coefficient (Wildman–Crippen LogP) is 1.51. The highest BCUT2D eigenvalue weighted by molar-refractivity contribution is 6.31. The van der Waals surface area contributed by atoms with Crippen LogP contribution in [0.15, 0.2) is 24.3 Å². The first-order valence-electron chi connectivity index (χ1n) is 7.45. The van der Waals surface area contributed by atoms with Gasteiger partial charge in [-0.25, -0.2) is 0 Å². The number of nitrogens with zero attached hydrogens (tertiary/aromatic N) is 1. The van der Waals surface area contributed by atoms with E-state index in [0.717, 1.165) is 12.0 Å². The third-order valence-corrected chi connectivity index (χ3v) is 3.95. The number of carbonyl (C=O) groups is 3. The highest BCUT2D eigenvalue weighted by Crippen LogP contribution is 2.14. The van der Waals surface area contributed by atoms with Gasteiger partial charge in [-0.1, -0.05) is 29.8 Å². The quantitative estimate of drug-likeness (QED) is 0.798. The molecular weight excluding hydrogens is 320 g/mol. The lowest BCUT2D eigenvalue weighted by molar-refractivity contribution is -0.157. The molecule has 2 rings (SSSR count). The van der Waals surface area contributed by atoms with E-state index in [1.807, 2.05) is 6.07 Å². The van der Waals surface area contributed by atoms with Crippen molar-refractivity contribution in [3.63, 3.8) is 0 Å². The zero-order valence-corrected chi connectivity index (χ0v) is 13.6. The SMILES string of the molecule is C[C@@H](OC(=O)CN1CCCC1=O)C(=O)NCc1ccccc1Cl. The maximum absolute atomic E-state index is 12.0. The number of carbonyl (C=O) groups excluding carboxylic acids is 3. The van der Waals surface area contributed by atoms with Crippen molar-refractivity contribution < 1.29 is 19.1 Å². The molecule has 124 valence electrons. The maximum atomic E-state index is 12.0. The zero-order valence-electron chi connectivity index (χ0n) is 12.9. The summed E-state index contributed by atoms with van der Waals surface area (Å²) in [6, 6.07) is 7.17. The van der Waals surface area contributed by atoms with Gasteiger partial charge in [0, 0.05) is 24.5 Å². The Morgan fingerprint density at radius 2 is 2.13 bits per heavy atom. The Morgan fingerprint density at radius 1 is 1.39 bits per heavy atom. The summed E-state index contributed by atoms with van der Waals surface area (Å²) >= 11 is 6.01. The van der Waals surface area contributed by atoms with Crippen LogP contribution in [0.3, 0.4) is 0 Å². The number of esters is 1. The Morgan fingerprint density at radius 3 is 2.78 bits per heavy atom. The molecule has 2 amide bonds. The molecule has 0 radical (unpaired) electrons. The van der Waals surface area contributed by atoms with Crippen LogP contribution in [0.5, 0.6) is 0 Å². The van der Waals surface area contributed by atoms with E-state index >= 15 is 0 Å². The molecule has 0 aliphatic carbocycles. The van der Waals surface area contributed by atoms with Gasteiger partial charge in [0.2, 0.25) is 5.91 Å². The Hall–Kier alpha value is -2.08. The first-order chi connectivity index (χ1) is 11.0. The molecule has 0 saturated carbocycles. The Labute approximate surface area is 139 Å². The Kier molecular flexibility index (Phi) is 5.98. The number of rotatable bonds is 6. The lowest BCUT2D eigenvalue weighted by Gasteiger charge is -2.17. The van der Waals surface area contributed by atoms with Gasteiger partial charge in [0.15, 0.2) is 6.10 Å². The first-order valence-corrected chi connectivity index (χ1v) is 7.83. The third-order valence-electron chi connectivity index (χ3n) is 3.58. The molecule has 23 heavy (non-hydrogen) atoms. The van der Waals surface area contributed by atoms with Crippen LogP contribution in [0.4, 0.5) is 0 Å². The van der Waals surface area contributed by atoms with E-state index in [4.69, 9.17) is 16.3 Å². The Balaban J connectivity index is 1.77. The fraction of sp³-hybridized carbons (Fsp3) is 0.438. The van der Waals surface area contributed by atoms with Gasteiger partial charge in [-0.2, -0.15) is 0 Å². The van der Waals surface area contributed by atoms with Crippen molar-refractivity contribution in [1.29, 1.82) is 0 Å². The van der Waals surface area contributed by atoms with Crippen molar-refractivity contribution in [1.82, 2.24) is 10.2 Å². The van der Waals surface area contributed by atoms with Crippen LogP contribution < -0.4 is 5.32 Å². The molecule has 0 spiro atoms. The van der Waals surface area contributed by atoms with Gasteiger partial charge in [-0.15, -0.1) is 0 Å². The van der Waals surface area contributed by atoms with E-state index in [2.05, 4.69) is 5.32 Å². The fourth-order valence-corrected chi connectivity index (χ4v) is 2.49. The van der Waals surface area contributed by atoms with Gasteiger partial charge in [0.25, 0.3) is 5.91 Å². The van der Waals surface area contributed by atoms with Crippen molar-refractivity contribution >= 4 is 29.4 Å². The molecule has 1 saturated heterocycles. The molecule has 0 unspecified atom stereocenters. The number of benzene rings is 1. The Bertz CT molecular complexity index is 605. The molecule has 7 heteroatoms. The standard InChI is InChI=1S/C16H19ClN2O4/c1-11(23-15(21)10-19-8-4-7-14(19)20)16(22)18-9-12-5-2-3-6-13(12)17/h2-3,5-6,11H,4,7-10H2,1H3,(H,18,22)/t11-/m1/s1. The van der Waals surface area contributed by atoms with Crippen LogP contribution in [0.1, 0.15) is 25.3 Å². The van der Waals surface area contributed by atoms with E-state index in [1.54, 1.807) is 18.2 Å². The minimum atomic E-state index is -0.928. The van der Waals surface area contributed by atoms with Gasteiger partial charge >= 0.3 is 5.97 Å². The summed E-state index contributed by atoms with van der Waals surface area (Å²) in [5.41, 5.74) is 0.781. The summed E-state index contributed by atoms with van der Waals surface area (Å²) in [4.78, 5) is 36.6. The highest BCUT2D eigenvalue weighted by atomic mass is 35.5. The molecule has 1 aromatic carbocycles. The highest BCUT2D eigenvalue weighted by Gasteiger charge is 2.25. The molecule has 1 aliphatic heterocycles. The van der Waals surface area contributed by atoms with Gasteiger partial charge < -0.3 is 15.0 Å². The number of likely N-dealkylation sites (tertiary alicyclic amines) is 1. The first kappa shape index (κ1) is 17.3. The fourth-order valence-electron chi connectivity index (χ4n) is 2.28. The molecule has 1 N–H and O–H groups in total. The largest absolute Gasteiger partial charge is 0.451 e. The summed E-state index contributed by atoms with van der Waals surface area (Å²) < 4.78 is 5.06. The van der Waals surface area contributed by atoms with E-state index in [9.17, 15) is 14.4 Å². The number of amides is 2. The minimum Gasteiger partial charge on any atom is -0.451 e. The molecule has 0 bridgehead atoms. The molecule has 1 fully saturated rings. The molecule has 1 aromatic rings. The summed E-state index contributed by atoms with van der Waals surface area (Å²) in [6.45, 7) is 2.19. The second-order valence-corrected chi connectivity index (χ2v) is 5.77. The average Bonchev–Trinajstić information content (AvgIpc) is 2.91. The van der Waals surface area contributed by atoms with Gasteiger partial charge in [0.1, 0.15) is 6.54 Å². The van der Waals surface area contributed by atoms with Crippen LogP contribution in [-0.2, 0) is 25.7 Å². The van der Waals surface area contributed by atoms with E-state index in [-0.39, 0.29) is 19.0 Å². The van der Waals surface area contributed by atoms with Gasteiger partial charge in [-0.05, 0) is 25.0 Å². The van der Waals surface area contributed by atoms with Crippen LogP contribution in [0.25, 0.3) is 0 Å². The monoisotopic (exact) mass is 338 g/mol. The summed E-state index contributed by atoms with van der Waals surface area (Å²) in [5, 5.41) is 3.23. The van der Waals surface area contributed by atoms with Crippen molar-refractivity contribution in [3.05, 3.63) is 34.9 Å². The van der Waals surface area contributed by atoms with Crippen LogP contribution in [0.2, 0.25) is 5.02 Å². The lowest BCUT2D eigenvalue weighted by Crippen LogP contribution is -2.39. The molecule has 1 atom stereocenters. The third kappa shape index (κ3) is 4.96. The van der Waals surface area contributed by atoms with E-state index < -0.39 is 18.0 Å². The smallest absolute Gasteiger partial charge is 0.326 e. The topological polar surface area (TPSA) is 75.7 Å². The van der Waals surface area contributed by atoms with Crippen LogP contribution in [0, 0.1) is 0 Å².